The number of halogens is 3. The number of thioether (sulfide) groups is 1. The number of nitrogens with one attached hydrogen (secondary N) is 1. The summed E-state index contributed by atoms with van der Waals surface area (Å²) in [7, 11) is 0. The third-order valence-corrected chi connectivity index (χ3v) is 3.95. The molecular formula is C12H18F3NO4S2. The van der Waals surface area contributed by atoms with Gasteiger partial charge in [0, 0.05) is 18.6 Å². The first-order valence-corrected chi connectivity index (χ1v) is 7.74. The second-order valence-electron chi connectivity index (χ2n) is 4.39. The fourth-order valence-corrected chi connectivity index (χ4v) is 3.09. The maximum absolute atomic E-state index is 12.9. The van der Waals surface area contributed by atoms with Gasteiger partial charge in [0.1, 0.15) is 6.04 Å². The molecule has 0 radical (unpaired) electrons. The second kappa shape index (κ2) is 9.88. The lowest BCUT2D eigenvalue weighted by molar-refractivity contribution is -0.162. The van der Waals surface area contributed by atoms with Crippen LogP contribution >= 0.6 is 24.0 Å². The number of rotatable bonds is 8. The Balaban J connectivity index is 4.91. The van der Waals surface area contributed by atoms with Crippen LogP contribution in [0.4, 0.5) is 13.2 Å². The van der Waals surface area contributed by atoms with Crippen molar-refractivity contribution in [3.8, 4) is 0 Å². The Morgan fingerprint density at radius 1 is 1.41 bits per heavy atom. The number of hydrogen-bond donors (Lipinski definition) is 2. The van der Waals surface area contributed by atoms with Crippen LogP contribution in [0.3, 0.4) is 0 Å². The molecule has 0 aromatic carbocycles. The molecule has 1 amide bonds. The molecule has 2 N–H and O–H groups in total. The van der Waals surface area contributed by atoms with Gasteiger partial charge in [0.05, 0.1) is 6.61 Å². The van der Waals surface area contributed by atoms with Gasteiger partial charge in [0.15, 0.2) is 0 Å². The van der Waals surface area contributed by atoms with E-state index in [1.165, 1.54) is 0 Å². The molecule has 0 rings (SSSR count). The van der Waals surface area contributed by atoms with Crippen LogP contribution < -0.4 is 5.32 Å². The molecule has 0 aliphatic rings. The zero-order valence-electron chi connectivity index (χ0n) is 12.1. The van der Waals surface area contributed by atoms with Crippen molar-refractivity contribution in [1.29, 1.82) is 0 Å². The SMILES string of the molecule is CCOC(=S)SC(CCC(=O)O)CC(NC(C)=O)C(F)(F)F. The second-order valence-corrected chi connectivity index (χ2v) is 6.29. The molecular weight excluding hydrogens is 343 g/mol. The van der Waals surface area contributed by atoms with Gasteiger partial charge in [0.2, 0.25) is 10.3 Å². The Morgan fingerprint density at radius 3 is 2.41 bits per heavy atom. The van der Waals surface area contributed by atoms with Gasteiger partial charge >= 0.3 is 12.1 Å². The number of alkyl halides is 3. The first kappa shape index (κ1) is 21.0. The number of carboxylic acid groups (broad SMARTS) is 1. The van der Waals surface area contributed by atoms with Crippen molar-refractivity contribution in [2.75, 3.05) is 6.61 Å². The van der Waals surface area contributed by atoms with E-state index < -0.39 is 35.8 Å². The van der Waals surface area contributed by atoms with Crippen LogP contribution in [0.15, 0.2) is 0 Å². The van der Waals surface area contributed by atoms with Crippen molar-refractivity contribution < 1.29 is 32.6 Å². The van der Waals surface area contributed by atoms with E-state index in [0.717, 1.165) is 18.7 Å². The minimum absolute atomic E-state index is 0.0145. The molecule has 0 spiro atoms. The first-order valence-electron chi connectivity index (χ1n) is 6.45. The summed E-state index contributed by atoms with van der Waals surface area (Å²) >= 11 is 5.75. The molecule has 2 atom stereocenters. The summed E-state index contributed by atoms with van der Waals surface area (Å²) in [5.41, 5.74) is 0. The van der Waals surface area contributed by atoms with Crippen LogP contribution in [0.25, 0.3) is 0 Å². The highest BCUT2D eigenvalue weighted by Gasteiger charge is 2.41. The molecule has 0 fully saturated rings. The summed E-state index contributed by atoms with van der Waals surface area (Å²) in [6.07, 6.45) is -5.41. The average molecular weight is 361 g/mol. The lowest BCUT2D eigenvalue weighted by atomic mass is 10.1. The van der Waals surface area contributed by atoms with Gasteiger partial charge in [-0.05, 0) is 32.0 Å². The van der Waals surface area contributed by atoms with Crippen LogP contribution in [0.1, 0.15) is 33.1 Å². The maximum Gasteiger partial charge on any atom is 0.408 e. The summed E-state index contributed by atoms with van der Waals surface area (Å²) in [6.45, 7) is 2.93. The van der Waals surface area contributed by atoms with Crippen LogP contribution in [-0.2, 0) is 14.3 Å². The topological polar surface area (TPSA) is 75.6 Å². The monoisotopic (exact) mass is 361 g/mol. The maximum atomic E-state index is 12.9. The van der Waals surface area contributed by atoms with E-state index >= 15 is 0 Å². The van der Waals surface area contributed by atoms with Crippen molar-refractivity contribution in [2.24, 2.45) is 0 Å². The highest BCUT2D eigenvalue weighted by atomic mass is 32.2. The molecule has 2 unspecified atom stereocenters. The fourth-order valence-electron chi connectivity index (χ4n) is 1.58. The minimum Gasteiger partial charge on any atom is -0.481 e. The van der Waals surface area contributed by atoms with Crippen molar-refractivity contribution >= 4 is 40.2 Å². The summed E-state index contributed by atoms with van der Waals surface area (Å²) in [5.74, 6) is -1.92. The Hall–Kier alpha value is -1.03. The third-order valence-electron chi connectivity index (χ3n) is 2.48. The van der Waals surface area contributed by atoms with Gasteiger partial charge in [-0.25, -0.2) is 0 Å². The Kier molecular flexibility index (Phi) is 9.42. The van der Waals surface area contributed by atoms with Crippen molar-refractivity contribution in [1.82, 2.24) is 5.32 Å². The van der Waals surface area contributed by atoms with E-state index in [1.807, 2.05) is 5.32 Å². The van der Waals surface area contributed by atoms with Gasteiger partial charge in [-0.3, -0.25) is 9.59 Å². The number of hydrogen-bond acceptors (Lipinski definition) is 5. The van der Waals surface area contributed by atoms with E-state index in [1.54, 1.807) is 6.92 Å². The summed E-state index contributed by atoms with van der Waals surface area (Å²) in [5, 5.41) is 9.78. The summed E-state index contributed by atoms with van der Waals surface area (Å²) in [6, 6.07) is -2.05. The summed E-state index contributed by atoms with van der Waals surface area (Å²) < 4.78 is 43.8. The van der Waals surface area contributed by atoms with E-state index in [2.05, 4.69) is 0 Å². The molecule has 128 valence electrons. The molecule has 0 aromatic heterocycles. The molecule has 0 heterocycles. The molecule has 0 bridgehead atoms. The molecule has 0 aromatic rings. The zero-order chi connectivity index (χ0) is 17.3. The number of amides is 1. The normalized spacial score (nSPS) is 14.0. The fraction of sp³-hybridized carbons (Fsp3) is 0.750. The lowest BCUT2D eigenvalue weighted by Crippen LogP contribution is -2.46. The number of ether oxygens (including phenoxy) is 1. The molecule has 0 aliphatic carbocycles. The van der Waals surface area contributed by atoms with Crippen LogP contribution in [0.5, 0.6) is 0 Å². The molecule has 0 aliphatic heterocycles. The Morgan fingerprint density at radius 2 is 2.00 bits per heavy atom. The van der Waals surface area contributed by atoms with Gasteiger partial charge in [-0.2, -0.15) is 13.2 Å². The van der Waals surface area contributed by atoms with Crippen LogP contribution in [-0.4, -0.2) is 45.4 Å². The van der Waals surface area contributed by atoms with E-state index in [9.17, 15) is 22.8 Å². The predicted molar refractivity (Wildman–Crippen MR) is 80.7 cm³/mol. The Bertz CT molecular complexity index is 404. The van der Waals surface area contributed by atoms with Crippen molar-refractivity contribution in [3.63, 3.8) is 0 Å². The lowest BCUT2D eigenvalue weighted by Gasteiger charge is -2.25. The molecule has 0 saturated heterocycles. The third kappa shape index (κ3) is 9.82. The number of carboxylic acids is 1. The standard InChI is InChI=1S/C12H18F3NO4S2/c1-3-20-11(21)22-8(4-5-10(18)19)6-9(12(13,14)15)16-7(2)17/h8-9H,3-6H2,1-2H3,(H,16,17)(H,18,19). The zero-order valence-corrected chi connectivity index (χ0v) is 13.7. The van der Waals surface area contributed by atoms with Crippen LogP contribution in [0.2, 0.25) is 0 Å². The van der Waals surface area contributed by atoms with E-state index in [4.69, 9.17) is 22.1 Å². The minimum atomic E-state index is -4.62. The molecule has 22 heavy (non-hydrogen) atoms. The highest BCUT2D eigenvalue weighted by molar-refractivity contribution is 8.23. The summed E-state index contributed by atoms with van der Waals surface area (Å²) in [4.78, 5) is 21.5. The number of carbonyl (C=O) groups is 2. The number of carbonyl (C=O) groups excluding carboxylic acids is 1. The van der Waals surface area contributed by atoms with Crippen molar-refractivity contribution in [2.45, 2.75) is 50.6 Å². The van der Waals surface area contributed by atoms with Gasteiger partial charge in [0.25, 0.3) is 0 Å². The van der Waals surface area contributed by atoms with Gasteiger partial charge < -0.3 is 15.2 Å². The molecule has 10 heteroatoms. The Labute approximate surface area is 136 Å². The van der Waals surface area contributed by atoms with Crippen molar-refractivity contribution in [3.05, 3.63) is 0 Å². The predicted octanol–water partition coefficient (Wildman–Crippen LogP) is 2.73. The molecule has 0 saturated carbocycles. The molecule has 5 nitrogen and oxygen atoms in total. The van der Waals surface area contributed by atoms with Gasteiger partial charge in [-0.1, -0.05) is 11.8 Å². The first-order chi connectivity index (χ1) is 10.1. The van der Waals surface area contributed by atoms with Crippen LogP contribution in [0, 0.1) is 0 Å². The quantitative estimate of drug-likeness (QED) is 0.648. The van der Waals surface area contributed by atoms with E-state index in [-0.39, 0.29) is 23.8 Å². The smallest absolute Gasteiger partial charge is 0.408 e. The average Bonchev–Trinajstić information content (AvgIpc) is 2.33. The largest absolute Gasteiger partial charge is 0.481 e. The number of aliphatic carboxylic acids is 1. The van der Waals surface area contributed by atoms with E-state index in [0.29, 0.717) is 0 Å². The number of thiocarbonyl (C=S) groups is 1. The van der Waals surface area contributed by atoms with Gasteiger partial charge in [-0.15, -0.1) is 0 Å². The highest BCUT2D eigenvalue weighted by Crippen LogP contribution is 2.30.